The number of hydrogen-bond donors (Lipinski definition) is 3. The Kier molecular flexibility index (Phi) is 10.6. The van der Waals surface area contributed by atoms with Crippen molar-refractivity contribution in [3.8, 4) is 22.3 Å². The Labute approximate surface area is 274 Å². The lowest BCUT2D eigenvalue weighted by molar-refractivity contribution is -0.141. The van der Waals surface area contributed by atoms with Crippen LogP contribution in [0.15, 0.2) is 97.1 Å². The van der Waals surface area contributed by atoms with Crippen LogP contribution in [-0.2, 0) is 16.4 Å². The molecule has 0 fully saturated rings. The first-order chi connectivity index (χ1) is 22.9. The predicted molar refractivity (Wildman–Crippen MR) is 172 cm³/mol. The van der Waals surface area contributed by atoms with Crippen LogP contribution in [0.25, 0.3) is 22.3 Å². The summed E-state index contributed by atoms with van der Waals surface area (Å²) in [5.74, 6) is -1.00. The molecule has 0 saturated heterocycles. The minimum atomic E-state index is -4.53. The Bertz CT molecular complexity index is 1690. The van der Waals surface area contributed by atoms with Gasteiger partial charge in [0.2, 0.25) is 5.91 Å². The third-order valence-corrected chi connectivity index (χ3v) is 8.57. The zero-order valence-electron chi connectivity index (χ0n) is 26.0. The zero-order valence-corrected chi connectivity index (χ0v) is 26.0. The monoisotopic (exact) mass is 667 g/mol. The molecule has 0 spiro atoms. The second-order valence-corrected chi connectivity index (χ2v) is 11.7. The summed E-state index contributed by atoms with van der Waals surface area (Å²) >= 11 is 0. The maximum absolute atomic E-state index is 13.6. The molecule has 11 heteroatoms. The van der Waals surface area contributed by atoms with E-state index in [0.717, 1.165) is 23.3 Å². The molecule has 1 aliphatic carbocycles. The third kappa shape index (κ3) is 7.73. The van der Waals surface area contributed by atoms with Crippen LogP contribution in [0.5, 0.6) is 0 Å². The van der Waals surface area contributed by atoms with Crippen LogP contribution < -0.4 is 16.0 Å². The first-order valence-corrected chi connectivity index (χ1v) is 15.7. The minimum Gasteiger partial charge on any atom is -0.352 e. The highest BCUT2D eigenvalue weighted by atomic mass is 19.4. The van der Waals surface area contributed by atoms with Gasteiger partial charge in [-0.05, 0) is 83.9 Å². The fraction of sp³-hybridized carbons (Fsp3) is 0.297. The maximum Gasteiger partial charge on any atom is 0.416 e. The van der Waals surface area contributed by atoms with E-state index < -0.39 is 35.8 Å². The fourth-order valence-corrected chi connectivity index (χ4v) is 6.33. The summed E-state index contributed by atoms with van der Waals surface area (Å²) in [6, 6.07) is 26.1. The van der Waals surface area contributed by atoms with Gasteiger partial charge in [-0.1, -0.05) is 85.3 Å². The van der Waals surface area contributed by atoms with E-state index in [0.29, 0.717) is 73.1 Å². The summed E-state index contributed by atoms with van der Waals surface area (Å²) in [6.07, 6.45) is -6.79. The summed E-state index contributed by atoms with van der Waals surface area (Å²) in [5, 5.41) is 8.32. The summed E-state index contributed by atoms with van der Waals surface area (Å²) in [5.41, 5.74) is 2.48. The normalized spacial score (nSPS) is 13.5. The number of fused-ring (bicyclic) bond motifs is 3. The van der Waals surface area contributed by atoms with E-state index in [4.69, 9.17) is 0 Å². The Balaban J connectivity index is 1.12. The average molecular weight is 668 g/mol. The molecule has 4 aromatic carbocycles. The van der Waals surface area contributed by atoms with Gasteiger partial charge in [0.25, 0.3) is 5.91 Å². The van der Waals surface area contributed by atoms with Crippen LogP contribution in [0, 0.1) is 0 Å². The van der Waals surface area contributed by atoms with Crippen molar-refractivity contribution in [2.45, 2.75) is 43.5 Å². The molecule has 0 bridgehead atoms. The van der Waals surface area contributed by atoms with Gasteiger partial charge in [0.05, 0.1) is 5.56 Å². The first-order valence-electron chi connectivity index (χ1n) is 15.7. The van der Waals surface area contributed by atoms with Gasteiger partial charge in [-0.15, -0.1) is 0 Å². The number of benzene rings is 4. The molecule has 1 aliphatic rings. The van der Waals surface area contributed by atoms with Crippen molar-refractivity contribution in [1.82, 2.24) is 16.0 Å². The highest BCUT2D eigenvalue weighted by Crippen LogP contribution is 2.51. The lowest BCUT2D eigenvalue weighted by Gasteiger charge is -2.31. The van der Waals surface area contributed by atoms with E-state index in [2.05, 4.69) is 16.0 Å². The van der Waals surface area contributed by atoms with Crippen molar-refractivity contribution in [3.05, 3.63) is 119 Å². The number of carbonyl (C=O) groups is 2. The number of hydrogen-bond acceptors (Lipinski definition) is 3. The molecule has 0 aromatic heterocycles. The van der Waals surface area contributed by atoms with Crippen LogP contribution in [-0.4, -0.2) is 44.2 Å². The third-order valence-electron chi connectivity index (χ3n) is 8.57. The largest absolute Gasteiger partial charge is 0.416 e. The molecule has 5 rings (SSSR count). The Hall–Kier alpha value is -4.64. The molecule has 2 amide bonds. The predicted octanol–water partition coefficient (Wildman–Crippen LogP) is 7.90. The van der Waals surface area contributed by atoms with Crippen LogP contribution in [0.3, 0.4) is 0 Å². The van der Waals surface area contributed by atoms with Crippen LogP contribution in [0.4, 0.5) is 26.3 Å². The quantitative estimate of drug-likeness (QED) is 0.100. The van der Waals surface area contributed by atoms with Crippen LogP contribution >= 0.6 is 0 Å². The number of halogens is 6. The van der Waals surface area contributed by atoms with E-state index in [-0.39, 0.29) is 5.91 Å². The molecule has 252 valence electrons. The SMILES string of the molecule is O=C(NCCCNCCCCC1(C(=O)NCC(F)(F)F)c2ccccc2-c2ccccc21)c1ccccc1-c1ccc(C(F)(F)F)cc1. The number of carbonyl (C=O) groups excluding carboxylic acids is 2. The summed E-state index contributed by atoms with van der Waals surface area (Å²) < 4.78 is 78.2. The van der Waals surface area contributed by atoms with Crippen LogP contribution in [0.1, 0.15) is 52.7 Å². The highest BCUT2D eigenvalue weighted by Gasteiger charge is 2.49. The van der Waals surface area contributed by atoms with Crippen molar-refractivity contribution in [3.63, 3.8) is 0 Å². The van der Waals surface area contributed by atoms with Crippen LogP contribution in [0.2, 0.25) is 0 Å². The Morgan fingerprint density at radius 1 is 0.604 bits per heavy atom. The van der Waals surface area contributed by atoms with Gasteiger partial charge in [0.15, 0.2) is 0 Å². The van der Waals surface area contributed by atoms with E-state index in [1.54, 1.807) is 36.4 Å². The second-order valence-electron chi connectivity index (χ2n) is 11.7. The Morgan fingerprint density at radius 3 is 1.77 bits per heavy atom. The molecular formula is C37H35F6N3O2. The number of rotatable bonds is 13. The number of alkyl halides is 6. The smallest absolute Gasteiger partial charge is 0.352 e. The van der Waals surface area contributed by atoms with Gasteiger partial charge in [-0.2, -0.15) is 26.3 Å². The van der Waals surface area contributed by atoms with Gasteiger partial charge in [-0.3, -0.25) is 9.59 Å². The molecule has 0 radical (unpaired) electrons. The molecule has 0 heterocycles. The number of nitrogens with one attached hydrogen (secondary N) is 3. The summed E-state index contributed by atoms with van der Waals surface area (Å²) in [4.78, 5) is 26.5. The van der Waals surface area contributed by atoms with Gasteiger partial charge in [0.1, 0.15) is 12.0 Å². The second kappa shape index (κ2) is 14.6. The first kappa shape index (κ1) is 34.7. The molecule has 0 saturated carbocycles. The number of amides is 2. The lowest BCUT2D eigenvalue weighted by atomic mass is 9.73. The standard InChI is InChI=1S/C37H35F6N3O2/c38-36(39,40)24-46-34(48)35(31-14-5-3-11-28(31)29-12-4-6-15-32(29)35)20-7-8-21-44-22-9-23-45-33(47)30-13-2-1-10-27(30)25-16-18-26(19-17-25)37(41,42)43/h1-6,10-19,44H,7-9,20-24H2,(H,45,47)(H,46,48). The average Bonchev–Trinajstić information content (AvgIpc) is 3.36. The molecule has 4 aromatic rings. The van der Waals surface area contributed by atoms with Crippen molar-refractivity contribution in [1.29, 1.82) is 0 Å². The van der Waals surface area contributed by atoms with Gasteiger partial charge < -0.3 is 16.0 Å². The molecule has 5 nitrogen and oxygen atoms in total. The summed E-state index contributed by atoms with van der Waals surface area (Å²) in [6.45, 7) is 0.151. The van der Waals surface area contributed by atoms with Gasteiger partial charge in [-0.25, -0.2) is 0 Å². The lowest BCUT2D eigenvalue weighted by Crippen LogP contribution is -2.47. The van der Waals surface area contributed by atoms with Crippen molar-refractivity contribution in [2.24, 2.45) is 0 Å². The van der Waals surface area contributed by atoms with Crippen molar-refractivity contribution >= 4 is 11.8 Å². The van der Waals surface area contributed by atoms with E-state index >= 15 is 0 Å². The van der Waals surface area contributed by atoms with Crippen molar-refractivity contribution < 1.29 is 35.9 Å². The van der Waals surface area contributed by atoms with Gasteiger partial charge in [0, 0.05) is 12.1 Å². The van der Waals surface area contributed by atoms with E-state index in [1.807, 2.05) is 36.4 Å². The van der Waals surface area contributed by atoms with Gasteiger partial charge >= 0.3 is 12.4 Å². The minimum absolute atomic E-state index is 0.334. The molecule has 48 heavy (non-hydrogen) atoms. The number of unbranched alkanes of at least 4 members (excludes halogenated alkanes) is 1. The molecule has 0 unspecified atom stereocenters. The maximum atomic E-state index is 13.6. The molecule has 3 N–H and O–H groups in total. The highest BCUT2D eigenvalue weighted by molar-refractivity contribution is 6.01. The van der Waals surface area contributed by atoms with E-state index in [9.17, 15) is 35.9 Å². The summed E-state index contributed by atoms with van der Waals surface area (Å²) in [7, 11) is 0. The topological polar surface area (TPSA) is 70.2 Å². The molecule has 0 aliphatic heterocycles. The van der Waals surface area contributed by atoms with E-state index in [1.165, 1.54) is 12.1 Å². The molecule has 0 atom stereocenters. The Morgan fingerprint density at radius 2 is 1.17 bits per heavy atom. The van der Waals surface area contributed by atoms with Crippen molar-refractivity contribution in [2.75, 3.05) is 26.2 Å². The molecular weight excluding hydrogens is 632 g/mol. The fourth-order valence-electron chi connectivity index (χ4n) is 6.33. The zero-order chi connectivity index (χ0) is 34.4.